The normalized spacial score (nSPS) is 26.5. The molecule has 27 heavy (non-hydrogen) atoms. The molecule has 0 saturated heterocycles. The molecule has 0 saturated carbocycles. The smallest absolute Gasteiger partial charge is 0.336 e. The van der Waals surface area contributed by atoms with Crippen molar-refractivity contribution in [1.29, 1.82) is 0 Å². The van der Waals surface area contributed by atoms with Crippen LogP contribution >= 0.6 is 11.8 Å². The standard InChI is InChI=1S/C21H29NO4S/c1-12(2)26-20(25)17-13(3)18(19(23)24)21(6,22-14(17)4)15(5)27-16-10-8-7-9-11-16/h7-13,15,18,22H,1-6H3,(H,23,24). The van der Waals surface area contributed by atoms with E-state index in [1.165, 1.54) is 0 Å². The van der Waals surface area contributed by atoms with Crippen molar-refractivity contribution in [3.8, 4) is 0 Å². The third-order valence-electron chi connectivity index (χ3n) is 5.19. The summed E-state index contributed by atoms with van der Waals surface area (Å²) in [5.41, 5.74) is 0.386. The summed E-state index contributed by atoms with van der Waals surface area (Å²) in [4.78, 5) is 25.8. The predicted molar refractivity (Wildman–Crippen MR) is 108 cm³/mol. The Kier molecular flexibility index (Phi) is 6.63. The lowest BCUT2D eigenvalue weighted by Gasteiger charge is -2.48. The number of carbonyl (C=O) groups is 2. The van der Waals surface area contributed by atoms with Crippen molar-refractivity contribution in [3.63, 3.8) is 0 Å². The van der Waals surface area contributed by atoms with Crippen LogP contribution in [0.4, 0.5) is 0 Å². The number of carbonyl (C=O) groups excluding carboxylic acids is 1. The van der Waals surface area contributed by atoms with E-state index >= 15 is 0 Å². The molecule has 2 N–H and O–H groups in total. The average Bonchev–Trinajstić information content (AvgIpc) is 2.53. The minimum atomic E-state index is -0.916. The van der Waals surface area contributed by atoms with Crippen molar-refractivity contribution < 1.29 is 19.4 Å². The maximum absolute atomic E-state index is 12.6. The average molecular weight is 392 g/mol. The summed E-state index contributed by atoms with van der Waals surface area (Å²) in [7, 11) is 0. The topological polar surface area (TPSA) is 75.6 Å². The maximum Gasteiger partial charge on any atom is 0.336 e. The minimum Gasteiger partial charge on any atom is -0.481 e. The van der Waals surface area contributed by atoms with Crippen LogP contribution in [0, 0.1) is 11.8 Å². The zero-order chi connectivity index (χ0) is 20.4. The number of hydrogen-bond acceptors (Lipinski definition) is 5. The second-order valence-corrected chi connectivity index (χ2v) is 8.99. The third kappa shape index (κ3) is 4.49. The van der Waals surface area contributed by atoms with E-state index in [-0.39, 0.29) is 11.4 Å². The minimum absolute atomic E-state index is 0.0407. The Bertz CT molecular complexity index is 731. The molecule has 2 rings (SSSR count). The van der Waals surface area contributed by atoms with Crippen LogP contribution < -0.4 is 5.32 Å². The first-order chi connectivity index (χ1) is 12.6. The highest BCUT2D eigenvalue weighted by Crippen LogP contribution is 2.43. The Morgan fingerprint density at radius 1 is 1.22 bits per heavy atom. The molecule has 0 spiro atoms. The second kappa shape index (κ2) is 8.38. The van der Waals surface area contributed by atoms with Gasteiger partial charge in [0.15, 0.2) is 0 Å². The molecule has 1 aliphatic rings. The van der Waals surface area contributed by atoms with Gasteiger partial charge in [-0.05, 0) is 39.8 Å². The summed E-state index contributed by atoms with van der Waals surface area (Å²) >= 11 is 1.63. The first-order valence-electron chi connectivity index (χ1n) is 9.22. The van der Waals surface area contributed by atoms with Crippen molar-refractivity contribution >= 4 is 23.7 Å². The Morgan fingerprint density at radius 3 is 2.33 bits per heavy atom. The van der Waals surface area contributed by atoms with Crippen molar-refractivity contribution in [2.45, 2.75) is 63.3 Å². The highest BCUT2D eigenvalue weighted by Gasteiger charge is 2.52. The van der Waals surface area contributed by atoms with Crippen molar-refractivity contribution in [1.82, 2.24) is 5.32 Å². The van der Waals surface area contributed by atoms with Crippen LogP contribution in [0.5, 0.6) is 0 Å². The highest BCUT2D eigenvalue weighted by molar-refractivity contribution is 8.00. The first kappa shape index (κ1) is 21.4. The van der Waals surface area contributed by atoms with Gasteiger partial charge in [-0.25, -0.2) is 4.79 Å². The molecule has 1 aliphatic heterocycles. The molecule has 0 aromatic heterocycles. The van der Waals surface area contributed by atoms with E-state index in [9.17, 15) is 14.7 Å². The van der Waals surface area contributed by atoms with Crippen LogP contribution in [0.2, 0.25) is 0 Å². The number of benzene rings is 1. The molecule has 0 amide bonds. The zero-order valence-corrected chi connectivity index (χ0v) is 17.6. The fraction of sp³-hybridized carbons (Fsp3) is 0.524. The number of hydrogen-bond donors (Lipinski definition) is 2. The number of thioether (sulfide) groups is 1. The third-order valence-corrected chi connectivity index (χ3v) is 6.58. The molecule has 1 aromatic rings. The van der Waals surface area contributed by atoms with E-state index in [2.05, 4.69) is 5.32 Å². The summed E-state index contributed by atoms with van der Waals surface area (Å²) < 4.78 is 5.35. The Labute approximate surface area is 165 Å². The number of nitrogens with one attached hydrogen (secondary N) is 1. The van der Waals surface area contributed by atoms with Gasteiger partial charge in [0.05, 0.1) is 23.1 Å². The van der Waals surface area contributed by atoms with Crippen LogP contribution in [0.15, 0.2) is 46.5 Å². The van der Waals surface area contributed by atoms with Crippen LogP contribution in [-0.4, -0.2) is 33.9 Å². The van der Waals surface area contributed by atoms with Gasteiger partial charge in [-0.2, -0.15) is 0 Å². The highest BCUT2D eigenvalue weighted by atomic mass is 32.2. The number of carboxylic acid groups (broad SMARTS) is 1. The quantitative estimate of drug-likeness (QED) is 0.562. The van der Waals surface area contributed by atoms with Gasteiger partial charge in [0.25, 0.3) is 0 Å². The molecule has 4 unspecified atom stereocenters. The Balaban J connectivity index is 2.39. The van der Waals surface area contributed by atoms with E-state index < -0.39 is 29.3 Å². The van der Waals surface area contributed by atoms with Gasteiger partial charge >= 0.3 is 11.9 Å². The van der Waals surface area contributed by atoms with Gasteiger partial charge < -0.3 is 15.2 Å². The number of esters is 1. The van der Waals surface area contributed by atoms with E-state index in [1.807, 2.05) is 51.1 Å². The predicted octanol–water partition coefficient (Wildman–Crippen LogP) is 4.09. The van der Waals surface area contributed by atoms with Crippen LogP contribution in [0.3, 0.4) is 0 Å². The molecule has 0 bridgehead atoms. The number of allylic oxidation sites excluding steroid dienone is 1. The number of aliphatic carboxylic acids is 1. The fourth-order valence-electron chi connectivity index (χ4n) is 3.84. The molecule has 1 aromatic carbocycles. The van der Waals surface area contributed by atoms with Crippen LogP contribution in [0.1, 0.15) is 41.5 Å². The summed E-state index contributed by atoms with van der Waals surface area (Å²) in [6.45, 7) is 11.1. The fourth-order valence-corrected chi connectivity index (χ4v) is 5.02. The molecular formula is C21H29NO4S. The van der Waals surface area contributed by atoms with Crippen LogP contribution in [0.25, 0.3) is 0 Å². The number of ether oxygens (including phenoxy) is 1. The van der Waals surface area contributed by atoms with Gasteiger partial charge in [-0.3, -0.25) is 4.79 Å². The van der Waals surface area contributed by atoms with E-state index in [4.69, 9.17) is 4.74 Å². The van der Waals surface area contributed by atoms with E-state index in [1.54, 1.807) is 32.5 Å². The molecular weight excluding hydrogens is 362 g/mol. The van der Waals surface area contributed by atoms with Gasteiger partial charge in [0, 0.05) is 21.8 Å². The van der Waals surface area contributed by atoms with Crippen molar-refractivity contribution in [3.05, 3.63) is 41.6 Å². The monoisotopic (exact) mass is 391 g/mol. The molecule has 1 heterocycles. The van der Waals surface area contributed by atoms with Gasteiger partial charge in [0.2, 0.25) is 0 Å². The molecule has 4 atom stereocenters. The van der Waals surface area contributed by atoms with Crippen molar-refractivity contribution in [2.24, 2.45) is 11.8 Å². The molecule has 0 aliphatic carbocycles. The van der Waals surface area contributed by atoms with Crippen LogP contribution in [-0.2, 0) is 14.3 Å². The molecule has 6 heteroatoms. The second-order valence-electron chi connectivity index (χ2n) is 7.58. The molecule has 0 fully saturated rings. The van der Waals surface area contributed by atoms with Crippen molar-refractivity contribution in [2.75, 3.05) is 0 Å². The Morgan fingerprint density at radius 2 is 1.81 bits per heavy atom. The summed E-state index contributed by atoms with van der Waals surface area (Å²) in [5, 5.41) is 13.3. The van der Waals surface area contributed by atoms with E-state index in [0.29, 0.717) is 11.3 Å². The lowest BCUT2D eigenvalue weighted by atomic mass is 9.69. The lowest BCUT2D eigenvalue weighted by Crippen LogP contribution is -2.62. The first-order valence-corrected chi connectivity index (χ1v) is 10.1. The summed E-state index contributed by atoms with van der Waals surface area (Å²) in [6.07, 6.45) is -0.255. The summed E-state index contributed by atoms with van der Waals surface area (Å²) in [5.74, 6) is -2.58. The Hall–Kier alpha value is -1.95. The lowest BCUT2D eigenvalue weighted by molar-refractivity contribution is -0.148. The largest absolute Gasteiger partial charge is 0.481 e. The number of rotatable bonds is 6. The van der Waals surface area contributed by atoms with Gasteiger partial charge in [0.1, 0.15) is 0 Å². The summed E-state index contributed by atoms with van der Waals surface area (Å²) in [6, 6.07) is 9.92. The molecule has 0 radical (unpaired) electrons. The number of carboxylic acids is 1. The maximum atomic E-state index is 12.6. The SMILES string of the molecule is CC1=C(C(=O)OC(C)C)C(C)C(C(=O)O)C(C)(C(C)Sc2ccccc2)N1. The zero-order valence-electron chi connectivity index (χ0n) is 16.8. The molecule has 5 nitrogen and oxygen atoms in total. The molecule has 148 valence electrons. The van der Waals surface area contributed by atoms with E-state index in [0.717, 1.165) is 4.90 Å². The van der Waals surface area contributed by atoms with Gasteiger partial charge in [-0.1, -0.05) is 32.0 Å². The van der Waals surface area contributed by atoms with Gasteiger partial charge in [-0.15, -0.1) is 11.8 Å².